The molecule has 28 heavy (non-hydrogen) atoms. The topological polar surface area (TPSA) is 78.2 Å². The Morgan fingerprint density at radius 2 is 1.89 bits per heavy atom. The van der Waals surface area contributed by atoms with Gasteiger partial charge in [0.15, 0.2) is 5.82 Å². The third-order valence-corrected chi connectivity index (χ3v) is 4.60. The highest BCUT2D eigenvalue weighted by atomic mass is 19.1. The molecule has 4 rings (SSSR count). The van der Waals surface area contributed by atoms with E-state index in [9.17, 15) is 9.18 Å². The molecule has 0 unspecified atom stereocenters. The number of hydrogen-bond acceptors (Lipinski definition) is 5. The summed E-state index contributed by atoms with van der Waals surface area (Å²) in [7, 11) is 0. The first-order valence-corrected chi connectivity index (χ1v) is 8.88. The second-order valence-electron chi connectivity index (χ2n) is 6.44. The van der Waals surface area contributed by atoms with Crippen LogP contribution in [-0.4, -0.2) is 37.2 Å². The van der Waals surface area contributed by atoms with Crippen LogP contribution in [0.15, 0.2) is 48.5 Å². The molecule has 1 aliphatic rings. The molecule has 7 heteroatoms. The van der Waals surface area contributed by atoms with Gasteiger partial charge < -0.3 is 15.0 Å². The zero-order valence-corrected chi connectivity index (χ0v) is 15.0. The molecular weight excluding hydrogens is 359 g/mol. The van der Waals surface area contributed by atoms with Crippen LogP contribution >= 0.6 is 0 Å². The summed E-state index contributed by atoms with van der Waals surface area (Å²) in [6.45, 7) is 2.70. The fraction of sp³-hybridized carbons (Fsp3) is 0.190. The molecule has 2 heterocycles. The number of morpholine rings is 1. The fourth-order valence-corrected chi connectivity index (χ4v) is 3.12. The van der Waals surface area contributed by atoms with Crippen LogP contribution in [0, 0.1) is 17.1 Å². The lowest BCUT2D eigenvalue weighted by Crippen LogP contribution is -2.36. The molecule has 0 aliphatic carbocycles. The molecule has 1 N–H and O–H groups in total. The molecule has 140 valence electrons. The Morgan fingerprint density at radius 3 is 2.61 bits per heavy atom. The van der Waals surface area contributed by atoms with Crippen LogP contribution < -0.4 is 10.2 Å². The van der Waals surface area contributed by atoms with Crippen molar-refractivity contribution in [1.82, 2.24) is 4.98 Å². The minimum Gasteiger partial charge on any atom is -0.378 e. The van der Waals surface area contributed by atoms with E-state index in [0.29, 0.717) is 41.2 Å². The molecule has 1 aromatic heterocycles. The SMILES string of the molecule is N#Cc1ccc(C(=O)Nc2cc(F)c3nc(N4CCOCC4)ccc3c2)cc1. The average molecular weight is 376 g/mol. The van der Waals surface area contributed by atoms with Gasteiger partial charge in [0.2, 0.25) is 0 Å². The van der Waals surface area contributed by atoms with E-state index in [4.69, 9.17) is 10.00 Å². The maximum absolute atomic E-state index is 14.7. The summed E-state index contributed by atoms with van der Waals surface area (Å²) in [6, 6.07) is 14.8. The van der Waals surface area contributed by atoms with Crippen LogP contribution in [0.2, 0.25) is 0 Å². The zero-order chi connectivity index (χ0) is 19.5. The van der Waals surface area contributed by atoms with E-state index >= 15 is 0 Å². The Hall–Kier alpha value is -3.50. The first kappa shape index (κ1) is 17.9. The smallest absolute Gasteiger partial charge is 0.255 e. The highest BCUT2D eigenvalue weighted by Gasteiger charge is 2.15. The van der Waals surface area contributed by atoms with Crippen LogP contribution in [0.5, 0.6) is 0 Å². The molecule has 0 bridgehead atoms. The van der Waals surface area contributed by atoms with Gasteiger partial charge in [-0.15, -0.1) is 0 Å². The third-order valence-electron chi connectivity index (χ3n) is 4.60. The quantitative estimate of drug-likeness (QED) is 0.759. The molecule has 2 aromatic carbocycles. The standard InChI is InChI=1S/C21H17FN4O2/c22-18-12-17(24-21(27)15-3-1-14(13-23)2-4-15)11-16-5-6-19(25-20(16)18)26-7-9-28-10-8-26/h1-6,11-12H,7-10H2,(H,24,27). The van der Waals surface area contributed by atoms with Crippen molar-refractivity contribution in [2.45, 2.75) is 0 Å². The number of carbonyl (C=O) groups is 1. The normalized spacial score (nSPS) is 13.9. The van der Waals surface area contributed by atoms with Gasteiger partial charge in [0, 0.05) is 29.7 Å². The van der Waals surface area contributed by atoms with Crippen molar-refractivity contribution >= 4 is 28.3 Å². The number of hydrogen-bond donors (Lipinski definition) is 1. The first-order valence-electron chi connectivity index (χ1n) is 8.88. The van der Waals surface area contributed by atoms with Crippen molar-refractivity contribution < 1.29 is 13.9 Å². The number of carbonyl (C=O) groups excluding carboxylic acids is 1. The highest BCUT2D eigenvalue weighted by molar-refractivity contribution is 6.05. The lowest BCUT2D eigenvalue weighted by Gasteiger charge is -2.28. The van der Waals surface area contributed by atoms with E-state index in [1.165, 1.54) is 6.07 Å². The number of nitriles is 1. The van der Waals surface area contributed by atoms with E-state index in [1.807, 2.05) is 12.1 Å². The predicted molar refractivity (Wildman–Crippen MR) is 104 cm³/mol. The van der Waals surface area contributed by atoms with Gasteiger partial charge in [0.1, 0.15) is 11.3 Å². The molecule has 3 aromatic rings. The van der Waals surface area contributed by atoms with Crippen molar-refractivity contribution in [1.29, 1.82) is 5.26 Å². The Labute approximate surface area is 161 Å². The molecule has 1 amide bonds. The molecule has 0 saturated carbocycles. The van der Waals surface area contributed by atoms with Crippen LogP contribution in [-0.2, 0) is 4.74 Å². The lowest BCUT2D eigenvalue weighted by molar-refractivity contribution is 0.102. The minimum atomic E-state index is -0.497. The van der Waals surface area contributed by atoms with E-state index in [1.54, 1.807) is 36.4 Å². The monoisotopic (exact) mass is 376 g/mol. The van der Waals surface area contributed by atoms with Crippen molar-refractivity contribution in [3.8, 4) is 6.07 Å². The molecule has 0 radical (unpaired) electrons. The largest absolute Gasteiger partial charge is 0.378 e. The van der Waals surface area contributed by atoms with Crippen molar-refractivity contribution in [2.75, 3.05) is 36.5 Å². The van der Waals surface area contributed by atoms with E-state index in [0.717, 1.165) is 13.1 Å². The summed E-state index contributed by atoms with van der Waals surface area (Å²) < 4.78 is 20.0. The molecule has 1 aliphatic heterocycles. The molecule has 6 nitrogen and oxygen atoms in total. The molecular formula is C21H17FN4O2. The zero-order valence-electron chi connectivity index (χ0n) is 15.0. The molecule has 0 spiro atoms. The molecule has 1 fully saturated rings. The Balaban J connectivity index is 1.58. The van der Waals surface area contributed by atoms with Crippen LogP contribution in [0.4, 0.5) is 15.9 Å². The summed E-state index contributed by atoms with van der Waals surface area (Å²) in [5.41, 5.74) is 1.47. The van der Waals surface area contributed by atoms with Crippen LogP contribution in [0.3, 0.4) is 0 Å². The molecule has 0 atom stereocenters. The minimum absolute atomic E-state index is 0.264. The maximum Gasteiger partial charge on any atom is 0.255 e. The summed E-state index contributed by atoms with van der Waals surface area (Å²) in [5, 5.41) is 12.1. The van der Waals surface area contributed by atoms with Crippen molar-refractivity contribution in [2.24, 2.45) is 0 Å². The summed E-state index contributed by atoms with van der Waals surface area (Å²) >= 11 is 0. The Kier molecular flexibility index (Phi) is 4.87. The number of amides is 1. The van der Waals surface area contributed by atoms with E-state index in [2.05, 4.69) is 15.2 Å². The number of aromatic nitrogens is 1. The number of fused-ring (bicyclic) bond motifs is 1. The number of halogens is 1. The highest BCUT2D eigenvalue weighted by Crippen LogP contribution is 2.25. The van der Waals surface area contributed by atoms with Gasteiger partial charge in [-0.05, 0) is 48.5 Å². The second-order valence-corrected chi connectivity index (χ2v) is 6.44. The Morgan fingerprint density at radius 1 is 1.14 bits per heavy atom. The van der Waals surface area contributed by atoms with E-state index < -0.39 is 5.82 Å². The number of anilines is 2. The number of benzene rings is 2. The van der Waals surface area contributed by atoms with Crippen LogP contribution in [0.1, 0.15) is 15.9 Å². The van der Waals surface area contributed by atoms with Gasteiger partial charge in [-0.1, -0.05) is 0 Å². The molecule has 1 saturated heterocycles. The van der Waals surface area contributed by atoms with Gasteiger partial charge in [0.05, 0.1) is 24.8 Å². The van der Waals surface area contributed by atoms with Gasteiger partial charge in [-0.3, -0.25) is 4.79 Å². The van der Waals surface area contributed by atoms with Gasteiger partial charge >= 0.3 is 0 Å². The number of nitrogens with one attached hydrogen (secondary N) is 1. The summed E-state index contributed by atoms with van der Waals surface area (Å²) in [4.78, 5) is 18.9. The maximum atomic E-state index is 14.7. The van der Waals surface area contributed by atoms with Gasteiger partial charge in [-0.25, -0.2) is 9.37 Å². The summed E-state index contributed by atoms with van der Waals surface area (Å²) in [6.07, 6.45) is 0. The fourth-order valence-electron chi connectivity index (χ4n) is 3.12. The third kappa shape index (κ3) is 3.63. The van der Waals surface area contributed by atoms with Crippen LogP contribution in [0.25, 0.3) is 10.9 Å². The van der Waals surface area contributed by atoms with E-state index in [-0.39, 0.29) is 11.4 Å². The number of ether oxygens (including phenoxy) is 1. The van der Waals surface area contributed by atoms with Crippen molar-refractivity contribution in [3.05, 3.63) is 65.5 Å². The Bertz CT molecular complexity index is 1070. The number of pyridine rings is 1. The number of rotatable bonds is 3. The van der Waals surface area contributed by atoms with Gasteiger partial charge in [-0.2, -0.15) is 5.26 Å². The second kappa shape index (κ2) is 7.62. The van der Waals surface area contributed by atoms with Gasteiger partial charge in [0.25, 0.3) is 5.91 Å². The predicted octanol–water partition coefficient (Wildman–Crippen LogP) is 3.33. The summed E-state index contributed by atoms with van der Waals surface area (Å²) in [5.74, 6) is -0.159. The van der Waals surface area contributed by atoms with Crippen molar-refractivity contribution in [3.63, 3.8) is 0 Å². The number of nitrogens with zero attached hydrogens (tertiary/aromatic N) is 3. The first-order chi connectivity index (χ1) is 13.6. The lowest BCUT2D eigenvalue weighted by atomic mass is 10.1. The average Bonchev–Trinajstić information content (AvgIpc) is 2.74.